The van der Waals surface area contributed by atoms with Crippen molar-refractivity contribution in [2.45, 2.75) is 37.0 Å². The predicted octanol–water partition coefficient (Wildman–Crippen LogP) is 1.50. The van der Waals surface area contributed by atoms with Gasteiger partial charge in [-0.2, -0.15) is 11.8 Å². The lowest BCUT2D eigenvalue weighted by Crippen LogP contribution is -2.39. The highest BCUT2D eigenvalue weighted by Gasteiger charge is 2.24. The van der Waals surface area contributed by atoms with Crippen molar-refractivity contribution >= 4 is 11.8 Å². The Kier molecular flexibility index (Phi) is 6.29. The predicted molar refractivity (Wildman–Crippen MR) is 81.5 cm³/mol. The maximum Gasteiger partial charge on any atom is 0.0223 e. The molecule has 1 N–H and O–H groups in total. The zero-order chi connectivity index (χ0) is 12.8. The molecule has 106 valence electrons. The van der Waals surface area contributed by atoms with Crippen LogP contribution in [0, 0.1) is 0 Å². The number of likely N-dealkylation sites (tertiary alicyclic amines) is 1. The van der Waals surface area contributed by atoms with Crippen molar-refractivity contribution in [1.82, 2.24) is 15.1 Å². The Morgan fingerprint density at radius 3 is 2.72 bits per heavy atom. The Balaban J connectivity index is 1.62. The Labute approximate surface area is 117 Å². The molecular weight excluding hydrogens is 242 g/mol. The second-order valence-electron chi connectivity index (χ2n) is 5.91. The van der Waals surface area contributed by atoms with Crippen molar-refractivity contribution in [2.75, 3.05) is 52.6 Å². The molecule has 2 heterocycles. The number of piperidine rings is 1. The third-order valence-corrected chi connectivity index (χ3v) is 5.45. The topological polar surface area (TPSA) is 18.5 Å². The molecule has 2 fully saturated rings. The number of thioether (sulfide) groups is 1. The highest BCUT2D eigenvalue weighted by molar-refractivity contribution is 7.99. The van der Waals surface area contributed by atoms with Gasteiger partial charge in [0.05, 0.1) is 0 Å². The SMILES string of the molecule is CN(C)CC1CCCN1CCSC1CCNCC1. The maximum atomic E-state index is 3.45. The van der Waals surface area contributed by atoms with Crippen LogP contribution < -0.4 is 5.32 Å². The third-order valence-electron chi connectivity index (χ3n) is 4.09. The van der Waals surface area contributed by atoms with Crippen LogP contribution in [0.5, 0.6) is 0 Å². The van der Waals surface area contributed by atoms with E-state index < -0.39 is 0 Å². The first-order valence-corrected chi connectivity index (χ1v) is 8.51. The van der Waals surface area contributed by atoms with Gasteiger partial charge in [-0.15, -0.1) is 0 Å². The van der Waals surface area contributed by atoms with E-state index >= 15 is 0 Å². The van der Waals surface area contributed by atoms with Crippen molar-refractivity contribution in [3.63, 3.8) is 0 Å². The molecule has 0 bridgehead atoms. The summed E-state index contributed by atoms with van der Waals surface area (Å²) in [5.74, 6) is 1.33. The van der Waals surface area contributed by atoms with Gasteiger partial charge < -0.3 is 10.2 Å². The lowest BCUT2D eigenvalue weighted by molar-refractivity contribution is 0.218. The monoisotopic (exact) mass is 271 g/mol. The summed E-state index contributed by atoms with van der Waals surface area (Å²) in [6, 6.07) is 0.814. The van der Waals surface area contributed by atoms with E-state index in [2.05, 4.69) is 41.0 Å². The summed E-state index contributed by atoms with van der Waals surface area (Å²) in [4.78, 5) is 5.05. The summed E-state index contributed by atoms with van der Waals surface area (Å²) in [5.41, 5.74) is 0. The fourth-order valence-corrected chi connectivity index (χ4v) is 4.36. The van der Waals surface area contributed by atoms with Crippen LogP contribution in [-0.4, -0.2) is 73.7 Å². The van der Waals surface area contributed by atoms with E-state index in [1.165, 1.54) is 64.2 Å². The van der Waals surface area contributed by atoms with Crippen LogP contribution >= 0.6 is 11.8 Å². The molecule has 2 saturated heterocycles. The van der Waals surface area contributed by atoms with E-state index in [4.69, 9.17) is 0 Å². The van der Waals surface area contributed by atoms with E-state index in [9.17, 15) is 0 Å². The number of nitrogens with zero attached hydrogens (tertiary/aromatic N) is 2. The molecule has 2 aliphatic rings. The second-order valence-corrected chi connectivity index (χ2v) is 7.32. The average Bonchev–Trinajstić information content (AvgIpc) is 2.77. The smallest absolute Gasteiger partial charge is 0.0223 e. The highest BCUT2D eigenvalue weighted by Crippen LogP contribution is 2.22. The van der Waals surface area contributed by atoms with Crippen molar-refractivity contribution in [3.8, 4) is 0 Å². The molecule has 0 saturated carbocycles. The maximum absolute atomic E-state index is 3.45. The van der Waals surface area contributed by atoms with Crippen LogP contribution in [0.25, 0.3) is 0 Å². The minimum absolute atomic E-state index is 0.814. The van der Waals surface area contributed by atoms with E-state index in [1.807, 2.05) is 0 Å². The van der Waals surface area contributed by atoms with Crippen molar-refractivity contribution < 1.29 is 0 Å². The van der Waals surface area contributed by atoms with Crippen molar-refractivity contribution in [3.05, 3.63) is 0 Å². The molecule has 0 amide bonds. The van der Waals surface area contributed by atoms with Crippen molar-refractivity contribution in [2.24, 2.45) is 0 Å². The van der Waals surface area contributed by atoms with Gasteiger partial charge in [0.1, 0.15) is 0 Å². The molecular formula is C14H29N3S. The van der Waals surface area contributed by atoms with Gasteiger partial charge >= 0.3 is 0 Å². The number of hydrogen-bond donors (Lipinski definition) is 1. The minimum Gasteiger partial charge on any atom is -0.317 e. The van der Waals surface area contributed by atoms with Gasteiger partial charge in [0, 0.05) is 30.1 Å². The average molecular weight is 271 g/mol. The Morgan fingerprint density at radius 1 is 1.22 bits per heavy atom. The fourth-order valence-electron chi connectivity index (χ4n) is 3.12. The third kappa shape index (κ3) is 4.72. The number of nitrogens with one attached hydrogen (secondary N) is 1. The van der Waals surface area contributed by atoms with E-state index in [1.54, 1.807) is 0 Å². The molecule has 0 aromatic rings. The molecule has 2 aliphatic heterocycles. The number of rotatable bonds is 6. The lowest BCUT2D eigenvalue weighted by Gasteiger charge is -2.28. The summed E-state index contributed by atoms with van der Waals surface area (Å²) in [6.45, 7) is 6.31. The van der Waals surface area contributed by atoms with Crippen LogP contribution in [0.2, 0.25) is 0 Å². The summed E-state index contributed by atoms with van der Waals surface area (Å²) >= 11 is 2.21. The van der Waals surface area contributed by atoms with Gasteiger partial charge in [0.25, 0.3) is 0 Å². The van der Waals surface area contributed by atoms with Crippen LogP contribution in [0.3, 0.4) is 0 Å². The first kappa shape index (κ1) is 14.6. The molecule has 18 heavy (non-hydrogen) atoms. The summed E-state index contributed by atoms with van der Waals surface area (Å²) in [5, 5.41) is 4.36. The Bertz CT molecular complexity index is 229. The zero-order valence-electron chi connectivity index (χ0n) is 12.0. The quantitative estimate of drug-likeness (QED) is 0.789. The number of hydrogen-bond acceptors (Lipinski definition) is 4. The van der Waals surface area contributed by atoms with Gasteiger partial charge in [-0.25, -0.2) is 0 Å². The van der Waals surface area contributed by atoms with Gasteiger partial charge in [-0.3, -0.25) is 4.90 Å². The van der Waals surface area contributed by atoms with Crippen molar-refractivity contribution in [1.29, 1.82) is 0 Å². The molecule has 1 unspecified atom stereocenters. The molecule has 4 heteroatoms. The minimum atomic E-state index is 0.814. The van der Waals surface area contributed by atoms with Crippen LogP contribution in [0.4, 0.5) is 0 Å². The van der Waals surface area contributed by atoms with Gasteiger partial charge in [-0.1, -0.05) is 0 Å². The molecule has 2 rings (SSSR count). The number of likely N-dealkylation sites (N-methyl/N-ethyl adjacent to an activating group) is 1. The standard InChI is InChI=1S/C14H29N3S/c1-16(2)12-13-4-3-9-17(13)10-11-18-14-5-7-15-8-6-14/h13-15H,3-12H2,1-2H3. The lowest BCUT2D eigenvalue weighted by atomic mass is 10.2. The van der Waals surface area contributed by atoms with E-state index in [-0.39, 0.29) is 0 Å². The first-order chi connectivity index (χ1) is 8.75. The molecule has 0 aromatic carbocycles. The van der Waals surface area contributed by atoms with E-state index in [0.29, 0.717) is 0 Å². The summed E-state index contributed by atoms with van der Waals surface area (Å²) < 4.78 is 0. The molecule has 0 aromatic heterocycles. The molecule has 0 aliphatic carbocycles. The Morgan fingerprint density at radius 2 is 2.00 bits per heavy atom. The Hall–Kier alpha value is 0.230. The second kappa shape index (κ2) is 7.73. The van der Waals surface area contributed by atoms with Crippen LogP contribution in [0.15, 0.2) is 0 Å². The highest BCUT2D eigenvalue weighted by atomic mass is 32.2. The molecule has 0 radical (unpaired) electrons. The van der Waals surface area contributed by atoms with Crippen LogP contribution in [-0.2, 0) is 0 Å². The van der Waals surface area contributed by atoms with Gasteiger partial charge in [0.15, 0.2) is 0 Å². The first-order valence-electron chi connectivity index (χ1n) is 7.47. The van der Waals surface area contributed by atoms with Gasteiger partial charge in [0.2, 0.25) is 0 Å². The fraction of sp³-hybridized carbons (Fsp3) is 1.00. The summed E-state index contributed by atoms with van der Waals surface area (Å²) in [6.07, 6.45) is 5.53. The molecule has 1 atom stereocenters. The largest absolute Gasteiger partial charge is 0.317 e. The van der Waals surface area contributed by atoms with E-state index in [0.717, 1.165) is 11.3 Å². The molecule has 0 spiro atoms. The van der Waals surface area contributed by atoms with Gasteiger partial charge in [-0.05, 0) is 59.4 Å². The van der Waals surface area contributed by atoms with Crippen LogP contribution in [0.1, 0.15) is 25.7 Å². The normalized spacial score (nSPS) is 27.2. The molecule has 3 nitrogen and oxygen atoms in total. The summed E-state index contributed by atoms with van der Waals surface area (Å²) in [7, 11) is 4.39. The zero-order valence-corrected chi connectivity index (χ0v) is 12.8.